The van der Waals surface area contributed by atoms with Crippen molar-refractivity contribution < 1.29 is 9.90 Å². The van der Waals surface area contributed by atoms with E-state index in [-0.39, 0.29) is 6.04 Å². The van der Waals surface area contributed by atoms with Crippen LogP contribution >= 0.6 is 23.2 Å². The van der Waals surface area contributed by atoms with Gasteiger partial charge in [0.05, 0.1) is 16.1 Å². The minimum Gasteiger partial charge on any atom is -0.480 e. The van der Waals surface area contributed by atoms with Crippen molar-refractivity contribution in [2.24, 2.45) is 0 Å². The number of halogens is 2. The number of carbonyl (C=O) groups is 1. The van der Waals surface area contributed by atoms with Crippen LogP contribution in [0.5, 0.6) is 0 Å². The van der Waals surface area contributed by atoms with Crippen LogP contribution in [0.15, 0.2) is 60.7 Å². The number of benzene rings is 3. The van der Waals surface area contributed by atoms with Crippen LogP contribution in [0.3, 0.4) is 0 Å². The van der Waals surface area contributed by atoms with Crippen molar-refractivity contribution in [3.63, 3.8) is 0 Å². The summed E-state index contributed by atoms with van der Waals surface area (Å²) in [6.07, 6.45) is 1.52. The van der Waals surface area contributed by atoms with E-state index in [0.717, 1.165) is 34.9 Å². The molecular formula is C22H19Cl2NO2. The Hall–Kier alpha value is -2.07. The Morgan fingerprint density at radius 1 is 0.963 bits per heavy atom. The monoisotopic (exact) mass is 399 g/mol. The summed E-state index contributed by atoms with van der Waals surface area (Å²) in [6.45, 7) is 0.731. The topological polar surface area (TPSA) is 40.5 Å². The minimum atomic E-state index is -0.779. The number of aliphatic carboxylic acids is 1. The SMILES string of the molecule is O=C(O)C1CCCN1C(c1ccc(Cl)c(Cl)c1)c1ccc2ccccc2c1. The number of hydrogen-bond donors (Lipinski definition) is 1. The summed E-state index contributed by atoms with van der Waals surface area (Å²) in [5, 5.41) is 13.0. The summed E-state index contributed by atoms with van der Waals surface area (Å²) in [6, 6.07) is 19.3. The third kappa shape index (κ3) is 3.55. The Balaban J connectivity index is 1.86. The molecule has 27 heavy (non-hydrogen) atoms. The smallest absolute Gasteiger partial charge is 0.320 e. The summed E-state index contributed by atoms with van der Waals surface area (Å²) >= 11 is 12.4. The van der Waals surface area contributed by atoms with Crippen molar-refractivity contribution in [3.05, 3.63) is 81.8 Å². The van der Waals surface area contributed by atoms with Crippen LogP contribution in [0, 0.1) is 0 Å². The van der Waals surface area contributed by atoms with Crippen LogP contribution in [0.1, 0.15) is 30.0 Å². The van der Waals surface area contributed by atoms with Crippen molar-refractivity contribution in [1.29, 1.82) is 0 Å². The highest BCUT2D eigenvalue weighted by Crippen LogP contribution is 2.38. The lowest BCUT2D eigenvalue weighted by molar-refractivity contribution is -0.142. The first kappa shape index (κ1) is 18.3. The highest BCUT2D eigenvalue weighted by Gasteiger charge is 2.37. The molecule has 1 heterocycles. The van der Waals surface area contributed by atoms with Crippen molar-refractivity contribution >= 4 is 39.9 Å². The molecule has 1 N–H and O–H groups in total. The molecule has 0 radical (unpaired) electrons. The highest BCUT2D eigenvalue weighted by molar-refractivity contribution is 6.42. The molecular weight excluding hydrogens is 381 g/mol. The molecule has 2 unspecified atom stereocenters. The van der Waals surface area contributed by atoms with Crippen LogP contribution in [0.2, 0.25) is 10.0 Å². The number of carboxylic acid groups (broad SMARTS) is 1. The van der Waals surface area contributed by atoms with Crippen molar-refractivity contribution in [3.8, 4) is 0 Å². The molecule has 5 heteroatoms. The van der Waals surface area contributed by atoms with Gasteiger partial charge in [0.15, 0.2) is 0 Å². The summed E-state index contributed by atoms with van der Waals surface area (Å²) < 4.78 is 0. The molecule has 1 saturated heterocycles. The van der Waals surface area contributed by atoms with Crippen molar-refractivity contribution in [2.45, 2.75) is 24.9 Å². The van der Waals surface area contributed by atoms with Gasteiger partial charge in [-0.25, -0.2) is 0 Å². The second-order valence-electron chi connectivity index (χ2n) is 6.92. The lowest BCUT2D eigenvalue weighted by atomic mass is 9.94. The van der Waals surface area contributed by atoms with Gasteiger partial charge in [0.1, 0.15) is 6.04 Å². The maximum atomic E-state index is 11.8. The van der Waals surface area contributed by atoms with Crippen LogP contribution in [-0.4, -0.2) is 28.6 Å². The molecule has 0 spiro atoms. The molecule has 0 aliphatic carbocycles. The first-order chi connectivity index (χ1) is 13.0. The lowest BCUT2D eigenvalue weighted by Crippen LogP contribution is -2.39. The zero-order chi connectivity index (χ0) is 19.0. The molecule has 1 fully saturated rings. The zero-order valence-electron chi connectivity index (χ0n) is 14.6. The molecule has 4 rings (SSSR count). The number of likely N-dealkylation sites (tertiary alicyclic amines) is 1. The molecule has 3 aromatic rings. The van der Waals surface area contributed by atoms with Gasteiger partial charge in [0.25, 0.3) is 0 Å². The molecule has 3 nitrogen and oxygen atoms in total. The van der Waals surface area contributed by atoms with Crippen molar-refractivity contribution in [2.75, 3.05) is 6.54 Å². The van der Waals surface area contributed by atoms with E-state index in [1.165, 1.54) is 0 Å². The standard InChI is InChI=1S/C22H19Cl2NO2/c23-18-10-9-17(13-19(18)24)21(25-11-3-6-20(25)22(26)27)16-8-7-14-4-1-2-5-15(14)12-16/h1-2,4-5,7-10,12-13,20-21H,3,6,11H2,(H,26,27). The van der Waals surface area contributed by atoms with Gasteiger partial charge in [-0.3, -0.25) is 9.69 Å². The molecule has 1 aliphatic heterocycles. The predicted molar refractivity (Wildman–Crippen MR) is 110 cm³/mol. The summed E-state index contributed by atoms with van der Waals surface area (Å²) in [4.78, 5) is 13.9. The van der Waals surface area contributed by atoms with E-state index in [2.05, 4.69) is 35.2 Å². The lowest BCUT2D eigenvalue weighted by Gasteiger charge is -2.32. The average molecular weight is 400 g/mol. The first-order valence-corrected chi connectivity index (χ1v) is 9.72. The van der Waals surface area contributed by atoms with E-state index >= 15 is 0 Å². The Bertz CT molecular complexity index is 1000. The number of hydrogen-bond acceptors (Lipinski definition) is 2. The Morgan fingerprint density at radius 3 is 2.41 bits per heavy atom. The van der Waals surface area contributed by atoms with E-state index in [1.54, 1.807) is 6.07 Å². The minimum absolute atomic E-state index is 0.187. The van der Waals surface area contributed by atoms with Crippen LogP contribution in [0.4, 0.5) is 0 Å². The number of fused-ring (bicyclic) bond motifs is 1. The summed E-state index contributed by atoms with van der Waals surface area (Å²) in [5.41, 5.74) is 2.01. The average Bonchev–Trinajstić information content (AvgIpc) is 3.14. The van der Waals surface area contributed by atoms with E-state index in [4.69, 9.17) is 23.2 Å². The quantitative estimate of drug-likeness (QED) is 0.603. The van der Waals surface area contributed by atoms with E-state index in [9.17, 15) is 9.90 Å². The number of rotatable bonds is 4. The summed E-state index contributed by atoms with van der Waals surface area (Å²) in [7, 11) is 0. The van der Waals surface area contributed by atoms with E-state index < -0.39 is 12.0 Å². The Kier molecular flexibility index (Phi) is 5.09. The van der Waals surface area contributed by atoms with Crippen LogP contribution in [0.25, 0.3) is 10.8 Å². The molecule has 138 valence electrons. The van der Waals surface area contributed by atoms with Gasteiger partial charge in [0, 0.05) is 6.54 Å². The molecule has 3 aromatic carbocycles. The second kappa shape index (κ2) is 7.51. The van der Waals surface area contributed by atoms with Gasteiger partial charge in [-0.05, 0) is 52.9 Å². The third-order valence-corrected chi connectivity index (χ3v) is 6.00. The molecule has 2 atom stereocenters. The van der Waals surface area contributed by atoms with Gasteiger partial charge in [-0.2, -0.15) is 0 Å². The van der Waals surface area contributed by atoms with Gasteiger partial charge in [-0.1, -0.05) is 65.7 Å². The summed E-state index contributed by atoms with van der Waals surface area (Å²) in [5.74, 6) is -0.779. The Morgan fingerprint density at radius 2 is 1.67 bits per heavy atom. The number of nitrogens with zero attached hydrogens (tertiary/aromatic N) is 1. The fraction of sp³-hybridized carbons (Fsp3) is 0.227. The van der Waals surface area contributed by atoms with Gasteiger partial charge >= 0.3 is 5.97 Å². The van der Waals surface area contributed by atoms with Crippen LogP contribution < -0.4 is 0 Å². The molecule has 0 saturated carbocycles. The number of carboxylic acids is 1. The molecule has 0 bridgehead atoms. The molecule has 0 amide bonds. The fourth-order valence-electron chi connectivity index (χ4n) is 4.00. The van der Waals surface area contributed by atoms with Gasteiger partial charge in [0.2, 0.25) is 0 Å². The maximum absolute atomic E-state index is 11.8. The van der Waals surface area contributed by atoms with Crippen LogP contribution in [-0.2, 0) is 4.79 Å². The normalized spacial score (nSPS) is 18.7. The van der Waals surface area contributed by atoms with E-state index in [1.807, 2.05) is 24.3 Å². The second-order valence-corrected chi connectivity index (χ2v) is 7.73. The van der Waals surface area contributed by atoms with Crippen molar-refractivity contribution in [1.82, 2.24) is 4.90 Å². The maximum Gasteiger partial charge on any atom is 0.320 e. The largest absolute Gasteiger partial charge is 0.480 e. The Labute approximate surface area is 168 Å². The zero-order valence-corrected chi connectivity index (χ0v) is 16.1. The molecule has 1 aliphatic rings. The van der Waals surface area contributed by atoms with E-state index in [0.29, 0.717) is 16.5 Å². The molecule has 0 aromatic heterocycles. The van der Waals surface area contributed by atoms with Gasteiger partial charge in [-0.15, -0.1) is 0 Å². The third-order valence-electron chi connectivity index (χ3n) is 5.26. The fourth-order valence-corrected chi connectivity index (χ4v) is 4.31. The van der Waals surface area contributed by atoms with Gasteiger partial charge < -0.3 is 5.11 Å². The predicted octanol–water partition coefficient (Wildman–Crippen LogP) is 5.79. The first-order valence-electron chi connectivity index (χ1n) is 8.97. The highest BCUT2D eigenvalue weighted by atomic mass is 35.5.